The first-order valence-corrected chi connectivity index (χ1v) is 10.6. The second-order valence-corrected chi connectivity index (χ2v) is 8.24. The fourth-order valence-electron chi connectivity index (χ4n) is 2.39. The summed E-state index contributed by atoms with van der Waals surface area (Å²) in [5.41, 5.74) is 1.27. The van der Waals surface area contributed by atoms with E-state index in [2.05, 4.69) is 31.5 Å². The zero-order chi connectivity index (χ0) is 21.8. The van der Waals surface area contributed by atoms with Gasteiger partial charge in [-0.3, -0.25) is 20.2 Å². The summed E-state index contributed by atoms with van der Waals surface area (Å²) < 4.78 is 6.01. The van der Waals surface area contributed by atoms with Crippen LogP contribution in [0.15, 0.2) is 46.3 Å². The third-order valence-corrected chi connectivity index (χ3v) is 5.72. The number of ether oxygens (including phenoxy) is 1. The summed E-state index contributed by atoms with van der Waals surface area (Å²) in [7, 11) is 1.58. The summed E-state index contributed by atoms with van der Waals surface area (Å²) >= 11 is 15.8. The van der Waals surface area contributed by atoms with Gasteiger partial charge in [-0.15, -0.1) is 11.3 Å². The average Bonchev–Trinajstić information content (AvgIpc) is 3.16. The van der Waals surface area contributed by atoms with Crippen molar-refractivity contribution in [3.63, 3.8) is 0 Å². The van der Waals surface area contributed by atoms with Gasteiger partial charge in [-0.25, -0.2) is 4.98 Å². The van der Waals surface area contributed by atoms with Crippen LogP contribution in [0.25, 0.3) is 11.3 Å². The molecular formula is C18H12BrClN4O4S2. The Bertz CT molecular complexity index is 1150. The van der Waals surface area contributed by atoms with Crippen LogP contribution >= 0.6 is 51.1 Å². The first-order chi connectivity index (χ1) is 14.3. The number of nitro groups is 1. The topological polar surface area (TPSA) is 106 Å². The number of hydrogen-bond acceptors (Lipinski definition) is 7. The van der Waals surface area contributed by atoms with Crippen molar-refractivity contribution in [1.82, 2.24) is 10.3 Å². The van der Waals surface area contributed by atoms with E-state index in [9.17, 15) is 14.9 Å². The highest BCUT2D eigenvalue weighted by Crippen LogP contribution is 2.32. The highest BCUT2D eigenvalue weighted by molar-refractivity contribution is 9.10. The summed E-state index contributed by atoms with van der Waals surface area (Å²) in [5, 5.41) is 18.5. The monoisotopic (exact) mass is 526 g/mol. The van der Waals surface area contributed by atoms with E-state index in [1.165, 1.54) is 23.5 Å². The van der Waals surface area contributed by atoms with Crippen LogP contribution in [0.3, 0.4) is 0 Å². The predicted octanol–water partition coefficient (Wildman–Crippen LogP) is 5.27. The van der Waals surface area contributed by atoms with Crippen molar-refractivity contribution < 1.29 is 14.5 Å². The molecule has 3 aromatic rings. The normalized spacial score (nSPS) is 10.4. The van der Waals surface area contributed by atoms with E-state index >= 15 is 0 Å². The highest BCUT2D eigenvalue weighted by atomic mass is 79.9. The third-order valence-electron chi connectivity index (χ3n) is 3.80. The number of halogens is 2. The zero-order valence-electron chi connectivity index (χ0n) is 15.1. The molecule has 30 heavy (non-hydrogen) atoms. The van der Waals surface area contributed by atoms with Gasteiger partial charge in [0.25, 0.3) is 11.6 Å². The molecule has 0 radical (unpaired) electrons. The van der Waals surface area contributed by atoms with Crippen molar-refractivity contribution in [1.29, 1.82) is 0 Å². The number of thiocarbonyl (C=S) groups is 1. The third kappa shape index (κ3) is 5.11. The average molecular weight is 528 g/mol. The molecule has 1 aromatic heterocycles. The molecule has 0 spiro atoms. The van der Waals surface area contributed by atoms with Gasteiger partial charge >= 0.3 is 0 Å². The molecule has 1 amide bonds. The molecule has 0 unspecified atom stereocenters. The Morgan fingerprint density at radius 2 is 2.10 bits per heavy atom. The van der Waals surface area contributed by atoms with E-state index in [0.717, 1.165) is 16.1 Å². The number of non-ortho nitro benzene ring substituents is 1. The van der Waals surface area contributed by atoms with Crippen molar-refractivity contribution in [3.8, 4) is 17.0 Å². The number of carbonyl (C=O) groups is 1. The van der Waals surface area contributed by atoms with Gasteiger partial charge in [0.2, 0.25) is 0 Å². The molecule has 0 aliphatic rings. The minimum absolute atomic E-state index is 0.0145. The van der Waals surface area contributed by atoms with Crippen LogP contribution in [-0.4, -0.2) is 28.0 Å². The number of anilines is 1. The predicted molar refractivity (Wildman–Crippen MR) is 124 cm³/mol. The van der Waals surface area contributed by atoms with Crippen molar-refractivity contribution in [3.05, 3.63) is 67.0 Å². The molecule has 0 atom stereocenters. The number of rotatable bonds is 5. The van der Waals surface area contributed by atoms with Crippen molar-refractivity contribution in [2.24, 2.45) is 0 Å². The lowest BCUT2D eigenvalue weighted by atomic mass is 10.2. The summed E-state index contributed by atoms with van der Waals surface area (Å²) in [6.45, 7) is 0. The lowest BCUT2D eigenvalue weighted by Crippen LogP contribution is -2.34. The number of thiazole rings is 1. The van der Waals surface area contributed by atoms with Crippen LogP contribution in [0.5, 0.6) is 5.75 Å². The van der Waals surface area contributed by atoms with Gasteiger partial charge in [-0.2, -0.15) is 0 Å². The number of amides is 1. The SMILES string of the molecule is COc1ccc(-c2csc(NC(=S)NC(=O)c3cc([N+](=O)[O-])ccc3Cl)n2)cc1Br. The van der Waals surface area contributed by atoms with E-state index < -0.39 is 10.8 Å². The minimum Gasteiger partial charge on any atom is -0.496 e. The zero-order valence-corrected chi connectivity index (χ0v) is 19.1. The van der Waals surface area contributed by atoms with Crippen LogP contribution in [0.2, 0.25) is 5.02 Å². The van der Waals surface area contributed by atoms with Crippen molar-refractivity contribution in [2.75, 3.05) is 12.4 Å². The van der Waals surface area contributed by atoms with Crippen molar-refractivity contribution in [2.45, 2.75) is 0 Å². The van der Waals surface area contributed by atoms with Gasteiger partial charge in [-0.1, -0.05) is 11.6 Å². The molecule has 2 N–H and O–H groups in total. The van der Waals surface area contributed by atoms with E-state index in [1.807, 2.05) is 23.6 Å². The van der Waals surface area contributed by atoms with Gasteiger partial charge in [0, 0.05) is 23.1 Å². The number of carbonyl (C=O) groups excluding carboxylic acids is 1. The summed E-state index contributed by atoms with van der Waals surface area (Å²) in [6.07, 6.45) is 0. The Morgan fingerprint density at radius 1 is 1.33 bits per heavy atom. The lowest BCUT2D eigenvalue weighted by Gasteiger charge is -2.08. The standard InChI is InChI=1S/C18H12BrClN4O4S2/c1-28-15-5-2-9(6-12(15)19)14-8-30-18(21-14)23-17(29)22-16(25)11-7-10(24(26)27)3-4-13(11)20/h2-8H,1H3,(H2,21,22,23,25,29). The van der Waals surface area contributed by atoms with Gasteiger partial charge in [0.05, 0.1) is 32.8 Å². The van der Waals surface area contributed by atoms with Crippen LogP contribution in [0, 0.1) is 10.1 Å². The second-order valence-electron chi connectivity index (χ2n) is 5.72. The van der Waals surface area contributed by atoms with Gasteiger partial charge in [0.15, 0.2) is 10.2 Å². The largest absolute Gasteiger partial charge is 0.496 e. The van der Waals surface area contributed by atoms with Crippen LogP contribution < -0.4 is 15.4 Å². The first-order valence-electron chi connectivity index (χ1n) is 8.14. The maximum absolute atomic E-state index is 12.4. The van der Waals surface area contributed by atoms with Gasteiger partial charge in [-0.05, 0) is 52.4 Å². The molecule has 0 fully saturated rings. The second kappa shape index (κ2) is 9.47. The Kier molecular flexibility index (Phi) is 6.98. The van der Waals surface area contributed by atoms with E-state index in [1.54, 1.807) is 7.11 Å². The summed E-state index contributed by atoms with van der Waals surface area (Å²) in [4.78, 5) is 27.1. The van der Waals surface area contributed by atoms with Crippen LogP contribution in [0.4, 0.5) is 10.8 Å². The number of methoxy groups -OCH3 is 1. The maximum Gasteiger partial charge on any atom is 0.270 e. The number of nitrogens with one attached hydrogen (secondary N) is 2. The summed E-state index contributed by atoms with van der Waals surface area (Å²) in [5.74, 6) is 0.0353. The molecule has 3 rings (SSSR count). The number of nitro benzene ring substituents is 1. The van der Waals surface area contributed by atoms with Gasteiger partial charge in [0.1, 0.15) is 5.75 Å². The molecular weight excluding hydrogens is 516 g/mol. The molecule has 0 bridgehead atoms. The van der Waals surface area contributed by atoms with E-state index in [-0.39, 0.29) is 21.4 Å². The maximum atomic E-state index is 12.4. The Balaban J connectivity index is 1.69. The lowest BCUT2D eigenvalue weighted by molar-refractivity contribution is -0.384. The molecule has 0 aliphatic heterocycles. The Morgan fingerprint density at radius 3 is 2.77 bits per heavy atom. The molecule has 8 nitrogen and oxygen atoms in total. The molecule has 1 heterocycles. The molecule has 2 aromatic carbocycles. The van der Waals surface area contributed by atoms with Gasteiger partial charge < -0.3 is 10.1 Å². The number of benzene rings is 2. The van der Waals surface area contributed by atoms with Crippen LogP contribution in [-0.2, 0) is 0 Å². The van der Waals surface area contributed by atoms with Crippen LogP contribution in [0.1, 0.15) is 10.4 Å². The number of aromatic nitrogens is 1. The molecule has 0 saturated carbocycles. The highest BCUT2D eigenvalue weighted by Gasteiger charge is 2.17. The molecule has 0 saturated heterocycles. The molecule has 154 valence electrons. The summed E-state index contributed by atoms with van der Waals surface area (Å²) in [6, 6.07) is 9.15. The van der Waals surface area contributed by atoms with Crippen molar-refractivity contribution >= 4 is 72.9 Å². The number of nitrogens with zero attached hydrogens (tertiary/aromatic N) is 2. The fraction of sp³-hybridized carbons (Fsp3) is 0.0556. The smallest absolute Gasteiger partial charge is 0.270 e. The Labute approximate surface area is 193 Å². The number of hydrogen-bond donors (Lipinski definition) is 2. The minimum atomic E-state index is -0.669. The Hall–Kier alpha value is -2.60. The van der Waals surface area contributed by atoms with E-state index in [4.69, 9.17) is 28.6 Å². The first kappa shape index (κ1) is 22.1. The van der Waals surface area contributed by atoms with E-state index in [0.29, 0.717) is 16.6 Å². The fourth-order valence-corrected chi connectivity index (χ4v) is 4.11. The molecule has 0 aliphatic carbocycles. The molecule has 12 heteroatoms. The quantitative estimate of drug-likeness (QED) is 0.264.